The Labute approximate surface area is 109 Å². The van der Waals surface area contributed by atoms with Crippen LogP contribution < -0.4 is 5.73 Å². The number of carbonyl (C=O) groups excluding carboxylic acids is 1. The van der Waals surface area contributed by atoms with E-state index in [1.165, 1.54) is 4.90 Å². The third kappa shape index (κ3) is 3.05. The molecule has 102 valence electrons. The summed E-state index contributed by atoms with van der Waals surface area (Å²) < 4.78 is 13.3. The van der Waals surface area contributed by atoms with Crippen LogP contribution in [0.4, 0.5) is 10.1 Å². The fraction of sp³-hybridized carbons (Fsp3) is 0.417. The Kier molecular flexibility index (Phi) is 3.75. The summed E-state index contributed by atoms with van der Waals surface area (Å²) in [5.74, 6) is -1.21. The van der Waals surface area contributed by atoms with Gasteiger partial charge >= 0.3 is 0 Å². The van der Waals surface area contributed by atoms with Crippen molar-refractivity contribution in [3.8, 4) is 0 Å². The summed E-state index contributed by atoms with van der Waals surface area (Å²) in [5, 5.41) is 10.7. The predicted octanol–water partition coefficient (Wildman–Crippen LogP) is 1.30. The quantitative estimate of drug-likeness (QED) is 0.646. The summed E-state index contributed by atoms with van der Waals surface area (Å²) in [6.07, 6.45) is 1.62. The van der Waals surface area contributed by atoms with Gasteiger partial charge in [-0.3, -0.25) is 14.9 Å². The lowest BCUT2D eigenvalue weighted by Crippen LogP contribution is -2.45. The first-order valence-electron chi connectivity index (χ1n) is 5.97. The molecule has 1 amide bonds. The average molecular weight is 267 g/mol. The molecule has 1 saturated heterocycles. The van der Waals surface area contributed by atoms with Gasteiger partial charge in [-0.2, -0.15) is 0 Å². The summed E-state index contributed by atoms with van der Waals surface area (Å²) >= 11 is 0. The van der Waals surface area contributed by atoms with Crippen molar-refractivity contribution in [2.24, 2.45) is 5.73 Å². The van der Waals surface area contributed by atoms with Gasteiger partial charge in [0.15, 0.2) is 0 Å². The molecule has 0 aromatic heterocycles. The molecule has 2 rings (SSSR count). The molecular weight excluding hydrogens is 253 g/mol. The van der Waals surface area contributed by atoms with Gasteiger partial charge in [0, 0.05) is 30.8 Å². The maximum absolute atomic E-state index is 13.3. The number of hydrogen-bond acceptors (Lipinski definition) is 4. The van der Waals surface area contributed by atoms with Crippen molar-refractivity contribution in [2.75, 3.05) is 13.1 Å². The van der Waals surface area contributed by atoms with Gasteiger partial charge in [-0.25, -0.2) is 4.39 Å². The molecule has 0 bridgehead atoms. The minimum atomic E-state index is -0.793. The van der Waals surface area contributed by atoms with Crippen LogP contribution in [0.15, 0.2) is 18.2 Å². The van der Waals surface area contributed by atoms with Crippen LogP contribution in [-0.2, 0) is 0 Å². The first kappa shape index (κ1) is 13.4. The number of nitro groups is 1. The Morgan fingerprint density at radius 2 is 2.21 bits per heavy atom. The number of piperidine rings is 1. The molecule has 1 fully saturated rings. The van der Waals surface area contributed by atoms with Crippen molar-refractivity contribution in [2.45, 2.75) is 18.9 Å². The molecule has 7 heteroatoms. The maximum atomic E-state index is 13.3. The van der Waals surface area contributed by atoms with E-state index < -0.39 is 22.3 Å². The minimum Gasteiger partial charge on any atom is -0.337 e. The fourth-order valence-electron chi connectivity index (χ4n) is 2.18. The van der Waals surface area contributed by atoms with E-state index in [2.05, 4.69) is 0 Å². The van der Waals surface area contributed by atoms with Crippen molar-refractivity contribution in [1.82, 2.24) is 4.90 Å². The zero-order valence-corrected chi connectivity index (χ0v) is 10.2. The van der Waals surface area contributed by atoms with Crippen LogP contribution in [0.3, 0.4) is 0 Å². The highest BCUT2D eigenvalue weighted by atomic mass is 19.1. The number of nitrogens with two attached hydrogens (primary N) is 1. The third-order valence-corrected chi connectivity index (χ3v) is 3.09. The van der Waals surface area contributed by atoms with Gasteiger partial charge in [0.2, 0.25) is 0 Å². The smallest absolute Gasteiger partial charge is 0.273 e. The minimum absolute atomic E-state index is 0.0131. The Balaban J connectivity index is 2.25. The van der Waals surface area contributed by atoms with E-state index in [4.69, 9.17) is 5.73 Å². The number of hydrogen-bond donors (Lipinski definition) is 1. The number of amides is 1. The lowest BCUT2D eigenvalue weighted by Gasteiger charge is -2.30. The normalized spacial score (nSPS) is 19.3. The van der Waals surface area contributed by atoms with Gasteiger partial charge in [-0.15, -0.1) is 0 Å². The fourth-order valence-corrected chi connectivity index (χ4v) is 2.18. The van der Waals surface area contributed by atoms with E-state index in [1.54, 1.807) is 0 Å². The Bertz CT molecular complexity index is 521. The zero-order chi connectivity index (χ0) is 14.0. The largest absolute Gasteiger partial charge is 0.337 e. The maximum Gasteiger partial charge on any atom is 0.273 e. The van der Waals surface area contributed by atoms with Crippen LogP contribution in [0.2, 0.25) is 0 Å². The lowest BCUT2D eigenvalue weighted by atomic mass is 10.1. The van der Waals surface area contributed by atoms with Gasteiger partial charge < -0.3 is 10.6 Å². The predicted molar refractivity (Wildman–Crippen MR) is 66.2 cm³/mol. The molecule has 6 nitrogen and oxygen atoms in total. The average Bonchev–Trinajstić information content (AvgIpc) is 2.37. The second-order valence-corrected chi connectivity index (χ2v) is 4.61. The summed E-state index contributed by atoms with van der Waals surface area (Å²) in [4.78, 5) is 23.6. The number of nitrogens with zero attached hydrogens (tertiary/aromatic N) is 2. The number of halogens is 1. The second kappa shape index (κ2) is 5.31. The molecule has 0 radical (unpaired) electrons. The van der Waals surface area contributed by atoms with Crippen molar-refractivity contribution >= 4 is 11.6 Å². The lowest BCUT2D eigenvalue weighted by molar-refractivity contribution is -0.385. The summed E-state index contributed by atoms with van der Waals surface area (Å²) in [5.41, 5.74) is 5.33. The molecule has 19 heavy (non-hydrogen) atoms. The molecule has 0 saturated carbocycles. The summed E-state index contributed by atoms with van der Waals surface area (Å²) in [6.45, 7) is 0.931. The van der Waals surface area contributed by atoms with Crippen molar-refractivity contribution < 1.29 is 14.1 Å². The molecule has 1 heterocycles. The first-order valence-corrected chi connectivity index (χ1v) is 5.97. The van der Waals surface area contributed by atoms with E-state index >= 15 is 0 Å². The molecular formula is C12H14FN3O3. The van der Waals surface area contributed by atoms with Crippen LogP contribution >= 0.6 is 0 Å². The number of likely N-dealkylation sites (tertiary alicyclic amines) is 1. The van der Waals surface area contributed by atoms with Crippen LogP contribution in [0.1, 0.15) is 23.2 Å². The van der Waals surface area contributed by atoms with Crippen LogP contribution in [0.25, 0.3) is 0 Å². The molecule has 0 aliphatic carbocycles. The molecule has 1 aliphatic heterocycles. The second-order valence-electron chi connectivity index (χ2n) is 4.61. The van der Waals surface area contributed by atoms with Gasteiger partial charge in [-0.1, -0.05) is 0 Å². The highest BCUT2D eigenvalue weighted by molar-refractivity contribution is 5.95. The Hall–Kier alpha value is -2.02. The number of carbonyl (C=O) groups is 1. The van der Waals surface area contributed by atoms with Crippen molar-refractivity contribution in [3.63, 3.8) is 0 Å². The third-order valence-electron chi connectivity index (χ3n) is 3.09. The molecule has 1 unspecified atom stereocenters. The van der Waals surface area contributed by atoms with E-state index in [0.717, 1.165) is 31.0 Å². The van der Waals surface area contributed by atoms with E-state index in [0.29, 0.717) is 13.1 Å². The van der Waals surface area contributed by atoms with Crippen molar-refractivity contribution in [3.05, 3.63) is 39.7 Å². The zero-order valence-electron chi connectivity index (χ0n) is 10.2. The van der Waals surface area contributed by atoms with E-state index in [9.17, 15) is 19.3 Å². The number of benzene rings is 1. The van der Waals surface area contributed by atoms with Crippen molar-refractivity contribution in [1.29, 1.82) is 0 Å². The van der Waals surface area contributed by atoms with Gasteiger partial charge in [0.1, 0.15) is 5.82 Å². The molecule has 1 aliphatic rings. The Morgan fingerprint density at radius 3 is 2.84 bits per heavy atom. The Morgan fingerprint density at radius 1 is 1.47 bits per heavy atom. The van der Waals surface area contributed by atoms with Crippen LogP contribution in [0, 0.1) is 15.9 Å². The van der Waals surface area contributed by atoms with E-state index in [1.807, 2.05) is 0 Å². The monoisotopic (exact) mass is 267 g/mol. The highest BCUT2D eigenvalue weighted by Crippen LogP contribution is 2.19. The van der Waals surface area contributed by atoms with Crippen LogP contribution in [0.5, 0.6) is 0 Å². The SMILES string of the molecule is NC1CCCN(C(=O)c2cc(F)cc([N+](=O)[O-])c2)C1. The number of nitro benzene ring substituents is 1. The molecule has 2 N–H and O–H groups in total. The van der Waals surface area contributed by atoms with Gasteiger partial charge in [-0.05, 0) is 18.9 Å². The van der Waals surface area contributed by atoms with Gasteiger partial charge in [0.05, 0.1) is 11.0 Å². The standard InChI is InChI=1S/C12H14FN3O3/c13-9-4-8(5-11(6-9)16(18)19)12(17)15-3-1-2-10(14)7-15/h4-6,10H,1-3,7,14H2. The number of non-ortho nitro benzene ring substituents is 1. The molecule has 1 aromatic carbocycles. The molecule has 1 aromatic rings. The van der Waals surface area contributed by atoms with Crippen LogP contribution in [-0.4, -0.2) is 34.9 Å². The first-order chi connectivity index (χ1) is 8.97. The number of rotatable bonds is 2. The van der Waals surface area contributed by atoms with Gasteiger partial charge in [0.25, 0.3) is 11.6 Å². The highest BCUT2D eigenvalue weighted by Gasteiger charge is 2.24. The van der Waals surface area contributed by atoms with E-state index in [-0.39, 0.29) is 11.6 Å². The topological polar surface area (TPSA) is 89.5 Å². The summed E-state index contributed by atoms with van der Waals surface area (Å²) in [6, 6.07) is 2.79. The molecule has 0 spiro atoms. The molecule has 1 atom stereocenters. The summed E-state index contributed by atoms with van der Waals surface area (Å²) in [7, 11) is 0.